The molecule has 1 aliphatic carbocycles. The largest absolute Gasteiger partial charge is 0.478 e. The second kappa shape index (κ2) is 5.43. The number of carbonyl (C=O) groups is 1. The molecule has 0 atom stereocenters. The molecule has 1 aromatic heterocycles. The first-order chi connectivity index (χ1) is 11.1. The predicted molar refractivity (Wildman–Crippen MR) is 79.1 cm³/mol. The summed E-state index contributed by atoms with van der Waals surface area (Å²) in [7, 11) is 0. The number of hydrogen-bond acceptors (Lipinski definition) is 5. The molecule has 2 fully saturated rings. The second-order valence-corrected chi connectivity index (χ2v) is 6.06. The molecule has 7 heteroatoms. The van der Waals surface area contributed by atoms with Gasteiger partial charge in [-0.2, -0.15) is 0 Å². The van der Waals surface area contributed by atoms with E-state index >= 15 is 0 Å². The Balaban J connectivity index is 1.39. The van der Waals surface area contributed by atoms with Crippen LogP contribution in [0.15, 0.2) is 30.5 Å². The highest BCUT2D eigenvalue weighted by atomic mass is 16.7. The summed E-state index contributed by atoms with van der Waals surface area (Å²) in [6.07, 6.45) is 3.61. The van der Waals surface area contributed by atoms with E-state index in [1.54, 1.807) is 28.9 Å². The third-order valence-corrected chi connectivity index (χ3v) is 4.45. The van der Waals surface area contributed by atoms with Gasteiger partial charge >= 0.3 is 5.97 Å². The van der Waals surface area contributed by atoms with Crippen LogP contribution in [0.3, 0.4) is 0 Å². The molecule has 2 aromatic rings. The predicted octanol–water partition coefficient (Wildman–Crippen LogP) is 1.65. The Kier molecular flexibility index (Phi) is 3.39. The molecule has 0 radical (unpaired) electrons. The van der Waals surface area contributed by atoms with Crippen LogP contribution in [0.5, 0.6) is 0 Å². The molecule has 1 aromatic carbocycles. The number of carboxylic acid groups (broad SMARTS) is 1. The number of ether oxygens (including phenoxy) is 2. The summed E-state index contributed by atoms with van der Waals surface area (Å²) >= 11 is 0. The Labute approximate surface area is 132 Å². The lowest BCUT2D eigenvalue weighted by molar-refractivity contribution is -0.216. The average molecular weight is 315 g/mol. The lowest BCUT2D eigenvalue weighted by Crippen LogP contribution is -2.43. The average Bonchev–Trinajstić information content (AvgIpc) is 3.15. The van der Waals surface area contributed by atoms with Crippen LogP contribution < -0.4 is 0 Å². The minimum atomic E-state index is -0.921. The molecule has 120 valence electrons. The van der Waals surface area contributed by atoms with Gasteiger partial charge in [-0.25, -0.2) is 9.48 Å². The van der Waals surface area contributed by atoms with E-state index in [0.29, 0.717) is 25.7 Å². The SMILES string of the molecule is O=C(O)c1ccc(Cn2cc(C3CC4(C3)OCCO4)nn2)cc1. The number of rotatable bonds is 4. The Bertz CT molecular complexity index is 711. The van der Waals surface area contributed by atoms with E-state index in [1.165, 1.54) is 0 Å². The van der Waals surface area contributed by atoms with Crippen molar-refractivity contribution in [2.24, 2.45) is 0 Å². The van der Waals surface area contributed by atoms with Crippen LogP contribution in [0.25, 0.3) is 0 Å². The first-order valence-corrected chi connectivity index (χ1v) is 7.64. The van der Waals surface area contributed by atoms with Gasteiger partial charge in [0.1, 0.15) is 0 Å². The Morgan fingerprint density at radius 3 is 2.61 bits per heavy atom. The summed E-state index contributed by atoms with van der Waals surface area (Å²) < 4.78 is 13.0. The maximum absolute atomic E-state index is 10.8. The molecule has 2 aliphatic rings. The van der Waals surface area contributed by atoms with E-state index in [4.69, 9.17) is 14.6 Å². The fraction of sp³-hybridized carbons (Fsp3) is 0.438. The first-order valence-electron chi connectivity index (χ1n) is 7.64. The minimum Gasteiger partial charge on any atom is -0.478 e. The molecule has 23 heavy (non-hydrogen) atoms. The molecule has 1 N–H and O–H groups in total. The second-order valence-electron chi connectivity index (χ2n) is 6.06. The van der Waals surface area contributed by atoms with E-state index in [2.05, 4.69) is 10.3 Å². The van der Waals surface area contributed by atoms with Crippen molar-refractivity contribution in [3.63, 3.8) is 0 Å². The normalized spacial score (nSPS) is 19.8. The van der Waals surface area contributed by atoms with Crippen LogP contribution in [0.2, 0.25) is 0 Å². The van der Waals surface area contributed by atoms with E-state index in [9.17, 15) is 4.79 Å². The van der Waals surface area contributed by atoms with Crippen LogP contribution in [0, 0.1) is 0 Å². The fourth-order valence-corrected chi connectivity index (χ4v) is 3.15. The molecule has 4 rings (SSSR count). The van der Waals surface area contributed by atoms with Crippen LogP contribution >= 0.6 is 0 Å². The summed E-state index contributed by atoms with van der Waals surface area (Å²) in [4.78, 5) is 10.8. The molecule has 1 saturated heterocycles. The summed E-state index contributed by atoms with van der Waals surface area (Å²) in [5.74, 6) is -0.965. The quantitative estimate of drug-likeness (QED) is 0.923. The summed E-state index contributed by atoms with van der Waals surface area (Å²) in [6, 6.07) is 6.78. The van der Waals surface area contributed by atoms with E-state index in [1.807, 2.05) is 6.20 Å². The van der Waals surface area contributed by atoms with Crippen molar-refractivity contribution >= 4 is 5.97 Å². The zero-order valence-corrected chi connectivity index (χ0v) is 12.5. The molecule has 0 amide bonds. The number of aromatic carboxylic acids is 1. The topological polar surface area (TPSA) is 86.5 Å². The summed E-state index contributed by atoms with van der Waals surface area (Å²) in [5.41, 5.74) is 2.22. The fourth-order valence-electron chi connectivity index (χ4n) is 3.15. The molecular weight excluding hydrogens is 298 g/mol. The Hall–Kier alpha value is -2.25. The monoisotopic (exact) mass is 315 g/mol. The van der Waals surface area contributed by atoms with Crippen molar-refractivity contribution in [2.45, 2.75) is 31.1 Å². The van der Waals surface area contributed by atoms with Crippen molar-refractivity contribution < 1.29 is 19.4 Å². The van der Waals surface area contributed by atoms with Gasteiger partial charge < -0.3 is 14.6 Å². The van der Waals surface area contributed by atoms with Gasteiger partial charge in [0.2, 0.25) is 0 Å². The number of nitrogens with zero attached hydrogens (tertiary/aromatic N) is 3. The van der Waals surface area contributed by atoms with E-state index < -0.39 is 5.97 Å². The Morgan fingerprint density at radius 2 is 1.96 bits per heavy atom. The number of hydrogen-bond donors (Lipinski definition) is 1. The van der Waals surface area contributed by atoms with Gasteiger partial charge in [-0.15, -0.1) is 5.10 Å². The molecule has 1 aliphatic heterocycles. The Morgan fingerprint density at radius 1 is 1.26 bits per heavy atom. The molecule has 0 unspecified atom stereocenters. The van der Waals surface area contributed by atoms with Crippen molar-refractivity contribution in [3.8, 4) is 0 Å². The van der Waals surface area contributed by atoms with Crippen LogP contribution in [-0.4, -0.2) is 45.1 Å². The molecule has 2 heterocycles. The lowest BCUT2D eigenvalue weighted by Gasteiger charge is -2.41. The molecule has 1 spiro atoms. The van der Waals surface area contributed by atoms with Gasteiger partial charge in [0.25, 0.3) is 0 Å². The maximum Gasteiger partial charge on any atom is 0.335 e. The molecule has 0 bridgehead atoms. The number of carboxylic acids is 1. The van der Waals surface area contributed by atoms with Crippen molar-refractivity contribution in [2.75, 3.05) is 13.2 Å². The highest BCUT2D eigenvalue weighted by molar-refractivity contribution is 5.87. The highest BCUT2D eigenvalue weighted by Crippen LogP contribution is 2.48. The van der Waals surface area contributed by atoms with Crippen molar-refractivity contribution in [1.29, 1.82) is 0 Å². The van der Waals surface area contributed by atoms with Gasteiger partial charge in [-0.05, 0) is 17.7 Å². The van der Waals surface area contributed by atoms with E-state index in [0.717, 1.165) is 24.1 Å². The van der Waals surface area contributed by atoms with Crippen LogP contribution in [0.1, 0.15) is 40.4 Å². The van der Waals surface area contributed by atoms with Gasteiger partial charge in [-0.1, -0.05) is 17.3 Å². The number of benzene rings is 1. The van der Waals surface area contributed by atoms with E-state index in [-0.39, 0.29) is 11.4 Å². The van der Waals surface area contributed by atoms with Gasteiger partial charge in [0.05, 0.1) is 31.0 Å². The number of aromatic nitrogens is 3. The third kappa shape index (κ3) is 2.73. The zero-order chi connectivity index (χ0) is 15.9. The standard InChI is InChI=1S/C16H17N3O4/c20-15(21)12-3-1-11(2-4-12)9-19-10-14(17-18-19)13-7-16(8-13)22-5-6-23-16/h1-4,10,13H,5-9H2,(H,20,21). The smallest absolute Gasteiger partial charge is 0.335 e. The van der Waals surface area contributed by atoms with Crippen molar-refractivity contribution in [3.05, 3.63) is 47.3 Å². The van der Waals surface area contributed by atoms with Crippen molar-refractivity contribution in [1.82, 2.24) is 15.0 Å². The van der Waals surface area contributed by atoms with Crippen LogP contribution in [0.4, 0.5) is 0 Å². The molecular formula is C16H17N3O4. The summed E-state index contributed by atoms with van der Waals surface area (Å²) in [6.45, 7) is 1.91. The van der Waals surface area contributed by atoms with Gasteiger partial charge in [0, 0.05) is 25.0 Å². The minimum absolute atomic E-state index is 0.282. The lowest BCUT2D eigenvalue weighted by atomic mass is 9.77. The first kappa shape index (κ1) is 14.3. The third-order valence-electron chi connectivity index (χ3n) is 4.45. The zero-order valence-electron chi connectivity index (χ0n) is 12.5. The van der Waals surface area contributed by atoms with Crippen LogP contribution in [-0.2, 0) is 16.0 Å². The highest BCUT2D eigenvalue weighted by Gasteiger charge is 2.50. The van der Waals surface area contributed by atoms with Gasteiger partial charge in [-0.3, -0.25) is 0 Å². The maximum atomic E-state index is 10.8. The molecule has 7 nitrogen and oxygen atoms in total. The molecule has 1 saturated carbocycles. The summed E-state index contributed by atoms with van der Waals surface area (Å²) in [5, 5.41) is 17.3. The van der Waals surface area contributed by atoms with Gasteiger partial charge in [0.15, 0.2) is 5.79 Å².